The molecular formula is C16H24N4. The molecule has 4 nitrogen and oxygen atoms in total. The standard InChI is InChI=1S/C16H24N4/c1-12(2)20(11-14-5-3-7-17-14)10-13-9-19-16-15(13)6-4-8-18-16/h4,6,8-9,12,14,17H,3,5,7,10-11H2,1-2H3,(H,18,19). The molecule has 1 aliphatic heterocycles. The van der Waals surface area contributed by atoms with Crippen LogP contribution in [0, 0.1) is 0 Å². The molecule has 2 aromatic rings. The molecule has 0 aliphatic carbocycles. The maximum absolute atomic E-state index is 4.37. The van der Waals surface area contributed by atoms with Crippen LogP contribution in [0.2, 0.25) is 0 Å². The van der Waals surface area contributed by atoms with Gasteiger partial charge in [0, 0.05) is 43.0 Å². The van der Waals surface area contributed by atoms with E-state index in [4.69, 9.17) is 0 Å². The van der Waals surface area contributed by atoms with E-state index in [1.807, 2.05) is 12.3 Å². The highest BCUT2D eigenvalue weighted by molar-refractivity contribution is 5.79. The van der Waals surface area contributed by atoms with Gasteiger partial charge in [-0.1, -0.05) is 0 Å². The predicted octanol–water partition coefficient (Wildman–Crippen LogP) is 2.53. The van der Waals surface area contributed by atoms with E-state index in [0.717, 1.165) is 18.7 Å². The molecule has 1 atom stereocenters. The van der Waals surface area contributed by atoms with Gasteiger partial charge in [0.1, 0.15) is 5.65 Å². The molecule has 2 aromatic heterocycles. The highest BCUT2D eigenvalue weighted by Gasteiger charge is 2.20. The summed E-state index contributed by atoms with van der Waals surface area (Å²) in [4.78, 5) is 10.2. The lowest BCUT2D eigenvalue weighted by molar-refractivity contribution is 0.195. The number of fused-ring (bicyclic) bond motifs is 1. The van der Waals surface area contributed by atoms with Crippen molar-refractivity contribution >= 4 is 11.0 Å². The van der Waals surface area contributed by atoms with Gasteiger partial charge in [0.2, 0.25) is 0 Å². The number of aromatic nitrogens is 2. The number of H-pyrrole nitrogens is 1. The highest BCUT2D eigenvalue weighted by atomic mass is 15.2. The van der Waals surface area contributed by atoms with Crippen LogP contribution in [-0.2, 0) is 6.54 Å². The molecule has 0 amide bonds. The Morgan fingerprint density at radius 1 is 1.45 bits per heavy atom. The van der Waals surface area contributed by atoms with Gasteiger partial charge in [-0.3, -0.25) is 4.90 Å². The van der Waals surface area contributed by atoms with Gasteiger partial charge in [0.05, 0.1) is 0 Å². The van der Waals surface area contributed by atoms with E-state index in [1.165, 1.54) is 30.3 Å². The van der Waals surface area contributed by atoms with E-state index in [-0.39, 0.29) is 0 Å². The molecule has 20 heavy (non-hydrogen) atoms. The first kappa shape index (κ1) is 13.6. The van der Waals surface area contributed by atoms with Crippen LogP contribution in [-0.4, -0.2) is 40.0 Å². The fourth-order valence-corrected chi connectivity index (χ4v) is 3.02. The van der Waals surface area contributed by atoms with Crippen molar-refractivity contribution in [2.24, 2.45) is 0 Å². The first-order chi connectivity index (χ1) is 9.74. The lowest BCUT2D eigenvalue weighted by atomic mass is 10.1. The van der Waals surface area contributed by atoms with Gasteiger partial charge in [0.15, 0.2) is 0 Å². The average Bonchev–Trinajstić information content (AvgIpc) is 3.08. The first-order valence-corrected chi connectivity index (χ1v) is 7.62. The number of rotatable bonds is 5. The Labute approximate surface area is 120 Å². The monoisotopic (exact) mass is 272 g/mol. The normalized spacial score (nSPS) is 19.5. The average molecular weight is 272 g/mol. The number of nitrogens with one attached hydrogen (secondary N) is 2. The Kier molecular flexibility index (Phi) is 4.03. The molecule has 0 radical (unpaired) electrons. The molecule has 0 aromatic carbocycles. The predicted molar refractivity (Wildman–Crippen MR) is 82.7 cm³/mol. The summed E-state index contributed by atoms with van der Waals surface area (Å²) in [7, 11) is 0. The minimum absolute atomic E-state index is 0.555. The van der Waals surface area contributed by atoms with Crippen LogP contribution < -0.4 is 5.32 Å². The summed E-state index contributed by atoms with van der Waals surface area (Å²) in [5.74, 6) is 0. The topological polar surface area (TPSA) is 44.0 Å². The second kappa shape index (κ2) is 5.94. The highest BCUT2D eigenvalue weighted by Crippen LogP contribution is 2.19. The van der Waals surface area contributed by atoms with Crippen molar-refractivity contribution in [3.63, 3.8) is 0 Å². The molecule has 1 saturated heterocycles. The van der Waals surface area contributed by atoms with E-state index in [2.05, 4.69) is 46.3 Å². The van der Waals surface area contributed by atoms with Crippen molar-refractivity contribution in [3.8, 4) is 0 Å². The maximum atomic E-state index is 4.37. The van der Waals surface area contributed by atoms with E-state index >= 15 is 0 Å². The van der Waals surface area contributed by atoms with E-state index in [9.17, 15) is 0 Å². The maximum Gasteiger partial charge on any atom is 0.137 e. The molecule has 4 heteroatoms. The summed E-state index contributed by atoms with van der Waals surface area (Å²) in [6.45, 7) is 7.85. The van der Waals surface area contributed by atoms with Gasteiger partial charge in [-0.05, 0) is 50.9 Å². The minimum atomic E-state index is 0.555. The Balaban J connectivity index is 1.75. The van der Waals surface area contributed by atoms with Crippen molar-refractivity contribution in [3.05, 3.63) is 30.1 Å². The fraction of sp³-hybridized carbons (Fsp3) is 0.562. The largest absolute Gasteiger partial charge is 0.346 e. The molecular weight excluding hydrogens is 248 g/mol. The minimum Gasteiger partial charge on any atom is -0.346 e. The summed E-state index contributed by atoms with van der Waals surface area (Å²) in [6, 6.07) is 5.37. The smallest absolute Gasteiger partial charge is 0.137 e. The Morgan fingerprint density at radius 2 is 2.35 bits per heavy atom. The molecule has 3 heterocycles. The number of hydrogen-bond donors (Lipinski definition) is 2. The second-order valence-corrected chi connectivity index (χ2v) is 6.03. The molecule has 3 rings (SSSR count). The summed E-state index contributed by atoms with van der Waals surface area (Å²) in [6.07, 6.45) is 6.56. The zero-order valence-electron chi connectivity index (χ0n) is 12.4. The zero-order chi connectivity index (χ0) is 13.9. The fourth-order valence-electron chi connectivity index (χ4n) is 3.02. The van der Waals surface area contributed by atoms with Crippen LogP contribution in [0.1, 0.15) is 32.3 Å². The molecule has 1 unspecified atom stereocenters. The Hall–Kier alpha value is -1.39. The third-order valence-corrected chi connectivity index (χ3v) is 4.26. The Bertz CT molecular complexity index is 554. The quantitative estimate of drug-likeness (QED) is 0.879. The summed E-state index contributed by atoms with van der Waals surface area (Å²) < 4.78 is 0. The summed E-state index contributed by atoms with van der Waals surface area (Å²) in [5, 5.41) is 4.84. The van der Waals surface area contributed by atoms with Crippen molar-refractivity contribution in [2.75, 3.05) is 13.1 Å². The van der Waals surface area contributed by atoms with Crippen LogP contribution in [0.5, 0.6) is 0 Å². The zero-order valence-corrected chi connectivity index (χ0v) is 12.4. The number of pyridine rings is 1. The molecule has 1 aliphatic rings. The van der Waals surface area contributed by atoms with E-state index in [0.29, 0.717) is 12.1 Å². The van der Waals surface area contributed by atoms with E-state index < -0.39 is 0 Å². The molecule has 108 valence electrons. The molecule has 0 spiro atoms. The van der Waals surface area contributed by atoms with Gasteiger partial charge in [-0.15, -0.1) is 0 Å². The molecule has 2 N–H and O–H groups in total. The van der Waals surface area contributed by atoms with Crippen LogP contribution in [0.4, 0.5) is 0 Å². The number of aromatic amines is 1. The van der Waals surface area contributed by atoms with Crippen molar-refractivity contribution < 1.29 is 0 Å². The van der Waals surface area contributed by atoms with Crippen LogP contribution >= 0.6 is 0 Å². The van der Waals surface area contributed by atoms with Gasteiger partial charge in [0.25, 0.3) is 0 Å². The van der Waals surface area contributed by atoms with Gasteiger partial charge in [-0.2, -0.15) is 0 Å². The lowest BCUT2D eigenvalue weighted by Gasteiger charge is -2.29. The SMILES string of the molecule is CC(C)N(Cc1c[nH]c2ncccc12)CC1CCCN1. The van der Waals surface area contributed by atoms with Crippen molar-refractivity contribution in [1.29, 1.82) is 0 Å². The van der Waals surface area contributed by atoms with Gasteiger partial charge in [-0.25, -0.2) is 4.98 Å². The third kappa shape index (κ3) is 2.86. The molecule has 1 fully saturated rings. The number of hydrogen-bond acceptors (Lipinski definition) is 3. The Morgan fingerprint density at radius 3 is 3.10 bits per heavy atom. The molecule has 0 saturated carbocycles. The lowest BCUT2D eigenvalue weighted by Crippen LogP contribution is -2.40. The molecule has 0 bridgehead atoms. The summed E-state index contributed by atoms with van der Waals surface area (Å²) >= 11 is 0. The first-order valence-electron chi connectivity index (χ1n) is 7.62. The van der Waals surface area contributed by atoms with Crippen LogP contribution in [0.3, 0.4) is 0 Å². The number of nitrogens with zero attached hydrogens (tertiary/aromatic N) is 2. The third-order valence-electron chi connectivity index (χ3n) is 4.26. The van der Waals surface area contributed by atoms with Crippen molar-refractivity contribution in [2.45, 2.75) is 45.3 Å². The van der Waals surface area contributed by atoms with Crippen molar-refractivity contribution in [1.82, 2.24) is 20.2 Å². The van der Waals surface area contributed by atoms with Crippen LogP contribution in [0.25, 0.3) is 11.0 Å². The summed E-state index contributed by atoms with van der Waals surface area (Å²) in [5.41, 5.74) is 2.34. The van der Waals surface area contributed by atoms with Crippen LogP contribution in [0.15, 0.2) is 24.5 Å². The van der Waals surface area contributed by atoms with E-state index in [1.54, 1.807) is 0 Å². The van der Waals surface area contributed by atoms with Gasteiger partial charge >= 0.3 is 0 Å². The second-order valence-electron chi connectivity index (χ2n) is 6.03. The van der Waals surface area contributed by atoms with Gasteiger partial charge < -0.3 is 10.3 Å².